The molecule has 0 aliphatic carbocycles. The number of nitrogens with two attached hydrogens (primary N) is 1. The fourth-order valence-corrected chi connectivity index (χ4v) is 2.02. The summed E-state index contributed by atoms with van der Waals surface area (Å²) in [4.78, 5) is 11.9. The maximum Gasteiger partial charge on any atom is 0.246 e. The lowest BCUT2D eigenvalue weighted by Gasteiger charge is -2.20. The fraction of sp³-hybridized carbons (Fsp3) is 0.278. The molecule has 1 amide bonds. The predicted octanol–water partition coefficient (Wildman–Crippen LogP) is 2.56. The van der Waals surface area contributed by atoms with Crippen LogP contribution in [0.15, 0.2) is 48.5 Å². The number of aliphatic hydroxyl groups is 1. The van der Waals surface area contributed by atoms with Crippen LogP contribution < -0.4 is 11.1 Å². The van der Waals surface area contributed by atoms with Gasteiger partial charge in [0.25, 0.3) is 0 Å². The smallest absolute Gasteiger partial charge is 0.246 e. The van der Waals surface area contributed by atoms with Gasteiger partial charge in [0.05, 0.1) is 6.61 Å². The van der Waals surface area contributed by atoms with Crippen LogP contribution in [-0.2, 0) is 11.2 Å². The van der Waals surface area contributed by atoms with Crippen LogP contribution in [0.25, 0.3) is 11.1 Å². The molecular formula is C18H22N2O2. The number of amides is 1. The molecule has 0 saturated heterocycles. The Kier molecular flexibility index (Phi) is 4.96. The molecule has 0 aliphatic heterocycles. The van der Waals surface area contributed by atoms with Gasteiger partial charge in [-0.25, -0.2) is 0 Å². The molecule has 4 heteroatoms. The molecule has 0 bridgehead atoms. The van der Waals surface area contributed by atoms with E-state index < -0.39 is 18.1 Å². The van der Waals surface area contributed by atoms with Crippen molar-refractivity contribution in [3.8, 4) is 11.1 Å². The molecule has 0 aliphatic rings. The number of carbonyl (C=O) groups is 1. The van der Waals surface area contributed by atoms with Gasteiger partial charge in [-0.1, -0.05) is 43.3 Å². The SMILES string of the molecule is CCc1ccc(-c2ccc(NC(=O)[C@@](C)(N)CO)cc2)cc1. The van der Waals surface area contributed by atoms with E-state index in [0.29, 0.717) is 5.69 Å². The molecule has 2 aromatic carbocycles. The molecular weight excluding hydrogens is 276 g/mol. The maximum atomic E-state index is 11.9. The summed E-state index contributed by atoms with van der Waals surface area (Å²) in [7, 11) is 0. The Morgan fingerprint density at radius 3 is 2.05 bits per heavy atom. The zero-order valence-electron chi connectivity index (χ0n) is 13.0. The summed E-state index contributed by atoms with van der Waals surface area (Å²) in [5.74, 6) is -0.407. The number of benzene rings is 2. The first-order valence-corrected chi connectivity index (χ1v) is 7.37. The first kappa shape index (κ1) is 16.2. The van der Waals surface area contributed by atoms with Gasteiger partial charge in [-0.05, 0) is 42.2 Å². The second-order valence-corrected chi connectivity index (χ2v) is 5.66. The molecule has 4 nitrogen and oxygen atoms in total. The van der Waals surface area contributed by atoms with Gasteiger partial charge < -0.3 is 16.2 Å². The van der Waals surface area contributed by atoms with E-state index in [-0.39, 0.29) is 0 Å². The second kappa shape index (κ2) is 6.73. The summed E-state index contributed by atoms with van der Waals surface area (Å²) in [5, 5.41) is 11.8. The number of anilines is 1. The van der Waals surface area contributed by atoms with E-state index in [1.165, 1.54) is 12.5 Å². The average molecular weight is 298 g/mol. The van der Waals surface area contributed by atoms with Crippen LogP contribution in [0.2, 0.25) is 0 Å². The number of hydrogen-bond donors (Lipinski definition) is 3. The minimum Gasteiger partial charge on any atom is -0.394 e. The Labute approximate surface area is 131 Å². The van der Waals surface area contributed by atoms with Crippen molar-refractivity contribution in [3.05, 3.63) is 54.1 Å². The quantitative estimate of drug-likeness (QED) is 0.794. The Balaban J connectivity index is 2.11. The molecule has 4 N–H and O–H groups in total. The minimum absolute atomic E-state index is 0.402. The van der Waals surface area contributed by atoms with E-state index in [4.69, 9.17) is 10.8 Å². The minimum atomic E-state index is -1.28. The van der Waals surface area contributed by atoms with E-state index >= 15 is 0 Å². The van der Waals surface area contributed by atoms with Crippen LogP contribution in [0.3, 0.4) is 0 Å². The average Bonchev–Trinajstić information content (AvgIpc) is 2.55. The molecule has 2 aromatic rings. The third-order valence-corrected chi connectivity index (χ3v) is 3.69. The summed E-state index contributed by atoms with van der Waals surface area (Å²) in [6, 6.07) is 16.0. The number of nitrogens with one attached hydrogen (secondary N) is 1. The molecule has 0 unspecified atom stereocenters. The lowest BCUT2D eigenvalue weighted by Crippen LogP contribution is -2.51. The van der Waals surface area contributed by atoms with Crippen molar-refractivity contribution in [2.75, 3.05) is 11.9 Å². The van der Waals surface area contributed by atoms with Gasteiger partial charge in [0.2, 0.25) is 5.91 Å². The van der Waals surface area contributed by atoms with Crippen molar-refractivity contribution in [2.45, 2.75) is 25.8 Å². The van der Waals surface area contributed by atoms with E-state index in [9.17, 15) is 4.79 Å². The van der Waals surface area contributed by atoms with Crippen LogP contribution in [0, 0.1) is 0 Å². The van der Waals surface area contributed by atoms with Crippen LogP contribution in [-0.4, -0.2) is 23.2 Å². The van der Waals surface area contributed by atoms with Crippen LogP contribution in [0.4, 0.5) is 5.69 Å². The molecule has 1 atom stereocenters. The van der Waals surface area contributed by atoms with Crippen LogP contribution in [0.1, 0.15) is 19.4 Å². The van der Waals surface area contributed by atoms with E-state index in [1.807, 2.05) is 24.3 Å². The highest BCUT2D eigenvalue weighted by atomic mass is 16.3. The number of aryl methyl sites for hydroxylation is 1. The molecule has 116 valence electrons. The third kappa shape index (κ3) is 3.72. The van der Waals surface area contributed by atoms with Crippen molar-refractivity contribution in [1.82, 2.24) is 0 Å². The first-order valence-electron chi connectivity index (χ1n) is 7.37. The lowest BCUT2D eigenvalue weighted by atomic mass is 10.0. The number of rotatable bonds is 5. The second-order valence-electron chi connectivity index (χ2n) is 5.66. The molecule has 0 heterocycles. The highest BCUT2D eigenvalue weighted by Gasteiger charge is 2.27. The topological polar surface area (TPSA) is 75.4 Å². The molecule has 0 fully saturated rings. The first-order chi connectivity index (χ1) is 10.5. The van der Waals surface area contributed by atoms with Crippen molar-refractivity contribution < 1.29 is 9.90 Å². The van der Waals surface area contributed by atoms with Gasteiger partial charge in [-0.15, -0.1) is 0 Å². The van der Waals surface area contributed by atoms with Gasteiger partial charge in [-0.3, -0.25) is 4.79 Å². The highest BCUT2D eigenvalue weighted by molar-refractivity contribution is 5.97. The molecule has 2 rings (SSSR count). The lowest BCUT2D eigenvalue weighted by molar-refractivity contribution is -0.121. The van der Waals surface area contributed by atoms with Crippen LogP contribution in [0.5, 0.6) is 0 Å². The normalized spacial score (nSPS) is 13.5. The molecule has 0 saturated carbocycles. The summed E-state index contributed by atoms with van der Waals surface area (Å²) < 4.78 is 0. The molecule has 0 spiro atoms. The maximum absolute atomic E-state index is 11.9. The monoisotopic (exact) mass is 298 g/mol. The highest BCUT2D eigenvalue weighted by Crippen LogP contribution is 2.22. The third-order valence-electron chi connectivity index (χ3n) is 3.69. The largest absolute Gasteiger partial charge is 0.394 e. The van der Waals surface area contributed by atoms with Crippen LogP contribution >= 0.6 is 0 Å². The Morgan fingerprint density at radius 2 is 1.59 bits per heavy atom. The Hall–Kier alpha value is -2.17. The van der Waals surface area contributed by atoms with Crippen molar-refractivity contribution in [2.24, 2.45) is 5.73 Å². The molecule has 0 radical (unpaired) electrons. The van der Waals surface area contributed by atoms with Crippen molar-refractivity contribution in [1.29, 1.82) is 0 Å². The summed E-state index contributed by atoms with van der Waals surface area (Å²) >= 11 is 0. The zero-order valence-corrected chi connectivity index (χ0v) is 13.0. The summed E-state index contributed by atoms with van der Waals surface area (Å²) in [6.07, 6.45) is 1.02. The number of hydrogen-bond acceptors (Lipinski definition) is 3. The van der Waals surface area contributed by atoms with Crippen molar-refractivity contribution in [3.63, 3.8) is 0 Å². The van der Waals surface area contributed by atoms with Gasteiger partial charge in [0, 0.05) is 5.69 Å². The van der Waals surface area contributed by atoms with E-state index in [2.05, 4.69) is 36.5 Å². The van der Waals surface area contributed by atoms with Gasteiger partial charge in [0.15, 0.2) is 0 Å². The van der Waals surface area contributed by atoms with E-state index in [1.54, 1.807) is 0 Å². The zero-order chi connectivity index (χ0) is 16.2. The number of carbonyl (C=O) groups excluding carboxylic acids is 1. The van der Waals surface area contributed by atoms with Crippen molar-refractivity contribution >= 4 is 11.6 Å². The summed E-state index contributed by atoms with van der Waals surface area (Å²) in [5.41, 5.74) is 8.59. The van der Waals surface area contributed by atoms with Gasteiger partial charge >= 0.3 is 0 Å². The van der Waals surface area contributed by atoms with Gasteiger partial charge in [-0.2, -0.15) is 0 Å². The predicted molar refractivity (Wildman–Crippen MR) is 89.6 cm³/mol. The molecule has 0 aromatic heterocycles. The fourth-order valence-electron chi connectivity index (χ4n) is 2.02. The Morgan fingerprint density at radius 1 is 1.09 bits per heavy atom. The molecule has 22 heavy (non-hydrogen) atoms. The Bertz CT molecular complexity index is 631. The summed E-state index contributed by atoms with van der Waals surface area (Å²) in [6.45, 7) is 3.22. The number of aliphatic hydroxyl groups excluding tert-OH is 1. The van der Waals surface area contributed by atoms with E-state index in [0.717, 1.165) is 17.5 Å². The van der Waals surface area contributed by atoms with Gasteiger partial charge in [0.1, 0.15) is 5.54 Å². The standard InChI is InChI=1S/C18H22N2O2/c1-3-13-4-6-14(7-5-13)15-8-10-16(11-9-15)20-17(22)18(2,19)12-21/h4-11,21H,3,12,19H2,1-2H3,(H,20,22)/t18-/m0/s1.